The van der Waals surface area contributed by atoms with E-state index in [1.165, 1.54) is 0 Å². The third-order valence-electron chi connectivity index (χ3n) is 1.58. The van der Waals surface area contributed by atoms with Crippen molar-refractivity contribution in [2.24, 2.45) is 0 Å². The highest BCUT2D eigenvalue weighted by molar-refractivity contribution is 7.58. The zero-order valence-corrected chi connectivity index (χ0v) is 11.0. The molecule has 0 heterocycles. The van der Waals surface area contributed by atoms with Gasteiger partial charge in [-0.1, -0.05) is 0 Å². The first-order valence-corrected chi connectivity index (χ1v) is 6.08. The molecule has 0 unspecified atom stereocenters. The Morgan fingerprint density at radius 2 is 1.81 bits per heavy atom. The summed E-state index contributed by atoms with van der Waals surface area (Å²) in [5, 5.41) is 20.7. The van der Waals surface area contributed by atoms with Gasteiger partial charge in [-0.25, -0.2) is 0 Å². The van der Waals surface area contributed by atoms with E-state index < -0.39 is 24.3 Å². The Morgan fingerprint density at radius 1 is 1.38 bits per heavy atom. The highest BCUT2D eigenvalue weighted by Gasteiger charge is 2.32. The monoisotopic (exact) mass is 248 g/mol. The molecule has 16 heavy (non-hydrogen) atoms. The number of hydrogen-bond acceptors (Lipinski definition) is 6. The zero-order valence-electron chi connectivity index (χ0n) is 10.1. The minimum atomic E-state index is -3.73. The lowest BCUT2D eigenvalue weighted by Gasteiger charge is -2.22. The molecular weight excluding hydrogens is 231 g/mol. The van der Waals surface area contributed by atoms with Crippen molar-refractivity contribution in [1.29, 1.82) is 5.26 Å². The highest BCUT2D eigenvalue weighted by atomic mass is 31.2. The lowest BCUT2D eigenvalue weighted by Crippen LogP contribution is -2.35. The molecule has 92 valence electrons. The second-order valence-corrected chi connectivity index (χ2v) is 6.22. The largest absolute Gasteiger partial charge is 0.494 e. The van der Waals surface area contributed by atoms with Gasteiger partial charge in [0.2, 0.25) is 11.2 Å². The summed E-state index contributed by atoms with van der Waals surface area (Å²) in [6.07, 6.45) is 0. The zero-order chi connectivity index (χ0) is 13.0. The summed E-state index contributed by atoms with van der Waals surface area (Å²) in [6, 6.07) is 1.62. The minimum absolute atomic E-state index is 0.438. The van der Waals surface area contributed by atoms with Gasteiger partial charge >= 0.3 is 7.60 Å². The second kappa shape index (κ2) is 5.35. The number of rotatable bonds is 4. The Hall–Kier alpha value is -1.02. The molecule has 0 atom stereocenters. The van der Waals surface area contributed by atoms with E-state index in [0.29, 0.717) is 0 Å². The van der Waals surface area contributed by atoms with Crippen molar-refractivity contribution in [3.8, 4) is 6.07 Å². The predicted octanol–water partition coefficient (Wildman–Crippen LogP) is 2.11. The third kappa shape index (κ3) is 3.86. The van der Waals surface area contributed by atoms with Gasteiger partial charge in [-0.3, -0.25) is 4.57 Å². The van der Waals surface area contributed by atoms with E-state index >= 15 is 0 Å². The molecule has 0 saturated carbocycles. The number of aliphatic hydroxyl groups excluding tert-OH is 1. The van der Waals surface area contributed by atoms with Crippen LogP contribution >= 0.6 is 7.60 Å². The molecule has 7 heteroatoms. The first-order chi connectivity index (χ1) is 7.20. The van der Waals surface area contributed by atoms with Gasteiger partial charge in [0.1, 0.15) is 6.07 Å². The molecule has 2 N–H and O–H groups in total. The fourth-order valence-electron chi connectivity index (χ4n) is 0.915. The standard InChI is InChI=1S/C9H17N2O4P/c1-9(2,3)11-8(12)7(6-10)16(13,14-4)15-5/h11-12H,1-5H3/b8-7-. The number of nitriles is 1. The predicted molar refractivity (Wildman–Crippen MR) is 59.8 cm³/mol. The summed E-state index contributed by atoms with van der Waals surface area (Å²) in [4.78, 5) is 0. The van der Waals surface area contributed by atoms with Gasteiger partial charge < -0.3 is 19.5 Å². The lowest BCUT2D eigenvalue weighted by molar-refractivity contribution is 0.274. The summed E-state index contributed by atoms with van der Waals surface area (Å²) >= 11 is 0. The first-order valence-electron chi connectivity index (χ1n) is 4.54. The lowest BCUT2D eigenvalue weighted by atomic mass is 10.1. The topological polar surface area (TPSA) is 91.6 Å². The molecule has 0 saturated heterocycles. The van der Waals surface area contributed by atoms with Crippen molar-refractivity contribution in [1.82, 2.24) is 5.32 Å². The van der Waals surface area contributed by atoms with Gasteiger partial charge in [0.25, 0.3) is 0 Å². The average Bonchev–Trinajstić information content (AvgIpc) is 2.15. The van der Waals surface area contributed by atoms with Crippen LogP contribution in [0.5, 0.6) is 0 Å². The van der Waals surface area contributed by atoms with Gasteiger partial charge in [0.15, 0.2) is 0 Å². The van der Waals surface area contributed by atoms with Crippen LogP contribution in [0.15, 0.2) is 11.2 Å². The van der Waals surface area contributed by atoms with Crippen LogP contribution in [0.3, 0.4) is 0 Å². The van der Waals surface area contributed by atoms with Crippen molar-refractivity contribution in [3.05, 3.63) is 11.2 Å². The Morgan fingerprint density at radius 3 is 2.06 bits per heavy atom. The average molecular weight is 248 g/mol. The van der Waals surface area contributed by atoms with Crippen molar-refractivity contribution >= 4 is 7.60 Å². The number of nitrogens with one attached hydrogen (secondary N) is 1. The maximum absolute atomic E-state index is 11.9. The smallest absolute Gasteiger partial charge is 0.376 e. The third-order valence-corrected chi connectivity index (χ3v) is 3.40. The van der Waals surface area contributed by atoms with E-state index in [0.717, 1.165) is 14.2 Å². The molecule has 0 rings (SSSR count). The Labute approximate surface area is 95.4 Å². The summed E-state index contributed by atoms with van der Waals surface area (Å²) in [5.74, 6) is -0.498. The SMILES string of the molecule is COP(=O)(OC)/C(C#N)=C(\O)NC(C)(C)C. The van der Waals surface area contributed by atoms with Crippen LogP contribution < -0.4 is 5.32 Å². The molecule has 0 radical (unpaired) electrons. The normalized spacial score (nSPS) is 14.0. The second-order valence-electron chi connectivity index (χ2n) is 4.05. The van der Waals surface area contributed by atoms with Crippen molar-refractivity contribution in [3.63, 3.8) is 0 Å². The maximum Gasteiger partial charge on any atom is 0.376 e. The Balaban J connectivity index is 5.36. The first kappa shape index (κ1) is 15.0. The quantitative estimate of drug-likeness (QED) is 0.449. The molecule has 0 fully saturated rings. The van der Waals surface area contributed by atoms with Crippen LogP contribution in [0.25, 0.3) is 0 Å². The Kier molecular flexibility index (Phi) is 5.01. The molecule has 0 aromatic carbocycles. The van der Waals surface area contributed by atoms with Gasteiger partial charge in [-0.15, -0.1) is 0 Å². The highest BCUT2D eigenvalue weighted by Crippen LogP contribution is 2.55. The molecule has 0 spiro atoms. The van der Waals surface area contributed by atoms with Gasteiger partial charge in [-0.05, 0) is 20.8 Å². The van der Waals surface area contributed by atoms with Crippen LogP contribution in [0, 0.1) is 11.3 Å². The van der Waals surface area contributed by atoms with Crippen molar-refractivity contribution < 1.29 is 18.7 Å². The Bertz CT molecular complexity index is 357. The molecule has 0 aromatic heterocycles. The van der Waals surface area contributed by atoms with Crippen LogP contribution in [0.1, 0.15) is 20.8 Å². The van der Waals surface area contributed by atoms with Crippen LogP contribution in [-0.2, 0) is 13.6 Å². The van der Waals surface area contributed by atoms with E-state index in [1.807, 2.05) is 0 Å². The van der Waals surface area contributed by atoms with E-state index in [1.54, 1.807) is 26.8 Å². The molecule has 0 aromatic rings. The van der Waals surface area contributed by atoms with E-state index in [2.05, 4.69) is 14.4 Å². The number of aliphatic hydroxyl groups is 1. The van der Waals surface area contributed by atoms with Gasteiger partial charge in [0.05, 0.1) is 0 Å². The number of allylic oxidation sites excluding steroid dienone is 1. The van der Waals surface area contributed by atoms with Gasteiger partial charge in [0, 0.05) is 19.8 Å². The van der Waals surface area contributed by atoms with Crippen LogP contribution in [0.2, 0.25) is 0 Å². The summed E-state index contributed by atoms with van der Waals surface area (Å²) in [7, 11) is -1.44. The number of hydrogen-bond donors (Lipinski definition) is 2. The molecule has 0 amide bonds. The molecule has 0 aliphatic heterocycles. The molecule has 0 aliphatic rings. The minimum Gasteiger partial charge on any atom is -0.494 e. The molecule has 0 aliphatic carbocycles. The summed E-state index contributed by atoms with van der Waals surface area (Å²) in [5.41, 5.74) is -0.474. The maximum atomic E-state index is 11.9. The van der Waals surface area contributed by atoms with E-state index in [4.69, 9.17) is 5.26 Å². The molecular formula is C9H17N2O4P. The molecule has 6 nitrogen and oxygen atoms in total. The van der Waals surface area contributed by atoms with Crippen LogP contribution in [0.4, 0.5) is 0 Å². The fourth-order valence-corrected chi connectivity index (χ4v) is 1.87. The van der Waals surface area contributed by atoms with Gasteiger partial charge in [-0.2, -0.15) is 5.26 Å². The van der Waals surface area contributed by atoms with Crippen LogP contribution in [-0.4, -0.2) is 24.9 Å². The van der Waals surface area contributed by atoms with Crippen molar-refractivity contribution in [2.45, 2.75) is 26.3 Å². The molecule has 0 bridgehead atoms. The number of nitrogens with zero attached hydrogens (tertiary/aromatic N) is 1. The van der Waals surface area contributed by atoms with Crippen molar-refractivity contribution in [2.75, 3.05) is 14.2 Å². The summed E-state index contributed by atoms with van der Waals surface area (Å²) in [6.45, 7) is 5.34. The van der Waals surface area contributed by atoms with E-state index in [9.17, 15) is 9.67 Å². The summed E-state index contributed by atoms with van der Waals surface area (Å²) < 4.78 is 21.1. The fraction of sp³-hybridized carbons (Fsp3) is 0.667. The van der Waals surface area contributed by atoms with E-state index in [-0.39, 0.29) is 0 Å².